The van der Waals surface area contributed by atoms with E-state index in [1.54, 1.807) is 6.07 Å². The summed E-state index contributed by atoms with van der Waals surface area (Å²) in [6.45, 7) is 8.85. The van der Waals surface area contributed by atoms with Crippen LogP contribution < -0.4 is 11.3 Å². The zero-order chi connectivity index (χ0) is 14.6. The number of nitrogens with one attached hydrogen (secondary N) is 1. The molecule has 0 spiro atoms. The number of rotatable bonds is 5. The summed E-state index contributed by atoms with van der Waals surface area (Å²) in [5.41, 5.74) is 3.74. The zero-order valence-electron chi connectivity index (χ0n) is 12.1. The zero-order valence-corrected chi connectivity index (χ0v) is 13.7. The molecular formula is C15H24BrFN2. The lowest BCUT2D eigenvalue weighted by atomic mass is 9.78. The van der Waals surface area contributed by atoms with Gasteiger partial charge in [0.05, 0.1) is 0 Å². The number of hydrogen-bond acceptors (Lipinski definition) is 2. The Morgan fingerprint density at radius 1 is 1.37 bits per heavy atom. The highest BCUT2D eigenvalue weighted by atomic mass is 79.9. The van der Waals surface area contributed by atoms with E-state index in [2.05, 4.69) is 49.1 Å². The first kappa shape index (κ1) is 16.6. The molecule has 4 heteroatoms. The van der Waals surface area contributed by atoms with E-state index >= 15 is 0 Å². The smallest absolute Gasteiger partial charge is 0.126 e. The summed E-state index contributed by atoms with van der Waals surface area (Å²) in [4.78, 5) is 0. The van der Waals surface area contributed by atoms with Crippen molar-refractivity contribution in [2.75, 3.05) is 0 Å². The fraction of sp³-hybridized carbons (Fsp3) is 0.600. The molecule has 2 atom stereocenters. The van der Waals surface area contributed by atoms with E-state index in [9.17, 15) is 4.39 Å². The SMILES string of the molecule is CC(CC(Cc1cc(Br)ccc1F)NN)C(C)(C)C. The average Bonchev–Trinajstić information content (AvgIpc) is 2.31. The quantitative estimate of drug-likeness (QED) is 0.631. The van der Waals surface area contributed by atoms with Gasteiger partial charge in [-0.1, -0.05) is 43.6 Å². The summed E-state index contributed by atoms with van der Waals surface area (Å²) in [6, 6.07) is 5.10. The summed E-state index contributed by atoms with van der Waals surface area (Å²) in [6.07, 6.45) is 1.52. The number of nitrogens with two attached hydrogens (primary N) is 1. The first-order valence-electron chi connectivity index (χ1n) is 6.64. The monoisotopic (exact) mass is 330 g/mol. The van der Waals surface area contributed by atoms with Crippen molar-refractivity contribution < 1.29 is 4.39 Å². The Kier molecular flexibility index (Phi) is 5.96. The molecule has 0 aromatic heterocycles. The lowest BCUT2D eigenvalue weighted by molar-refractivity contribution is 0.222. The van der Waals surface area contributed by atoms with Crippen molar-refractivity contribution in [3.8, 4) is 0 Å². The molecule has 0 saturated heterocycles. The maximum absolute atomic E-state index is 13.7. The van der Waals surface area contributed by atoms with Crippen LogP contribution in [-0.4, -0.2) is 6.04 Å². The normalized spacial score (nSPS) is 15.3. The molecule has 0 amide bonds. The number of hydrazine groups is 1. The largest absolute Gasteiger partial charge is 0.271 e. The van der Waals surface area contributed by atoms with E-state index in [0.29, 0.717) is 17.9 Å². The minimum Gasteiger partial charge on any atom is -0.271 e. The molecule has 0 fully saturated rings. The van der Waals surface area contributed by atoms with Crippen molar-refractivity contribution in [1.29, 1.82) is 0 Å². The molecule has 0 heterocycles. The number of hydrogen-bond donors (Lipinski definition) is 2. The van der Waals surface area contributed by atoms with Gasteiger partial charge in [0.2, 0.25) is 0 Å². The van der Waals surface area contributed by atoms with E-state index in [-0.39, 0.29) is 17.3 Å². The van der Waals surface area contributed by atoms with Gasteiger partial charge in [0, 0.05) is 10.5 Å². The van der Waals surface area contributed by atoms with Crippen LogP contribution in [0.3, 0.4) is 0 Å². The van der Waals surface area contributed by atoms with Crippen LogP contribution in [0.25, 0.3) is 0 Å². The Morgan fingerprint density at radius 3 is 2.53 bits per heavy atom. The van der Waals surface area contributed by atoms with Crippen molar-refractivity contribution in [3.05, 3.63) is 34.1 Å². The van der Waals surface area contributed by atoms with Gasteiger partial charge in [0.1, 0.15) is 5.82 Å². The molecule has 2 nitrogen and oxygen atoms in total. The van der Waals surface area contributed by atoms with E-state index in [1.807, 2.05) is 6.07 Å². The highest BCUT2D eigenvalue weighted by Crippen LogP contribution is 2.30. The van der Waals surface area contributed by atoms with Crippen LogP contribution in [0.1, 0.15) is 39.7 Å². The van der Waals surface area contributed by atoms with Crippen molar-refractivity contribution in [2.24, 2.45) is 17.2 Å². The second-order valence-corrected chi connectivity index (χ2v) is 7.22. The molecule has 19 heavy (non-hydrogen) atoms. The summed E-state index contributed by atoms with van der Waals surface area (Å²) in [5.74, 6) is 5.95. The lowest BCUT2D eigenvalue weighted by Crippen LogP contribution is -2.39. The summed E-state index contributed by atoms with van der Waals surface area (Å²) < 4.78 is 14.6. The molecule has 3 N–H and O–H groups in total. The first-order valence-corrected chi connectivity index (χ1v) is 7.43. The Balaban J connectivity index is 2.74. The minimum atomic E-state index is -0.174. The van der Waals surface area contributed by atoms with Crippen molar-refractivity contribution in [1.82, 2.24) is 5.43 Å². The molecule has 1 aromatic rings. The second-order valence-electron chi connectivity index (χ2n) is 6.31. The van der Waals surface area contributed by atoms with Crippen molar-refractivity contribution >= 4 is 15.9 Å². The number of benzene rings is 1. The third-order valence-corrected chi connectivity index (χ3v) is 4.32. The highest BCUT2D eigenvalue weighted by Gasteiger charge is 2.23. The van der Waals surface area contributed by atoms with Gasteiger partial charge in [-0.15, -0.1) is 0 Å². The van der Waals surface area contributed by atoms with Crippen LogP contribution in [0.2, 0.25) is 0 Å². The average molecular weight is 331 g/mol. The molecule has 0 saturated carbocycles. The van der Waals surface area contributed by atoms with Gasteiger partial charge < -0.3 is 0 Å². The van der Waals surface area contributed by atoms with Crippen LogP contribution in [0.15, 0.2) is 22.7 Å². The van der Waals surface area contributed by atoms with Gasteiger partial charge in [0.25, 0.3) is 0 Å². The molecule has 0 aliphatic rings. The van der Waals surface area contributed by atoms with Gasteiger partial charge in [-0.2, -0.15) is 0 Å². The Labute approximate surface area is 124 Å². The molecule has 1 aromatic carbocycles. The minimum absolute atomic E-state index is 0.0815. The Hall–Kier alpha value is -0.450. The predicted molar refractivity (Wildman–Crippen MR) is 82.2 cm³/mol. The standard InChI is InChI=1S/C15H24BrFN2/c1-10(15(2,3)4)7-13(19-18)9-11-8-12(16)5-6-14(11)17/h5-6,8,10,13,19H,7,9,18H2,1-4H3. The maximum atomic E-state index is 13.7. The molecular weight excluding hydrogens is 307 g/mol. The van der Waals surface area contributed by atoms with E-state index in [0.717, 1.165) is 10.9 Å². The third kappa shape index (κ3) is 5.21. The molecule has 0 aliphatic carbocycles. The third-order valence-electron chi connectivity index (χ3n) is 3.83. The predicted octanol–water partition coefficient (Wildman–Crippen LogP) is 4.03. The molecule has 2 unspecified atom stereocenters. The van der Waals surface area contributed by atoms with Gasteiger partial charge in [-0.3, -0.25) is 11.3 Å². The van der Waals surface area contributed by atoms with E-state index in [4.69, 9.17) is 5.84 Å². The molecule has 0 aliphatic heterocycles. The van der Waals surface area contributed by atoms with Crippen LogP contribution >= 0.6 is 15.9 Å². The van der Waals surface area contributed by atoms with Crippen molar-refractivity contribution in [3.63, 3.8) is 0 Å². The number of halogens is 2. The molecule has 0 radical (unpaired) electrons. The first-order chi connectivity index (χ1) is 8.74. The van der Waals surface area contributed by atoms with Crippen LogP contribution in [0.4, 0.5) is 4.39 Å². The topological polar surface area (TPSA) is 38.0 Å². The van der Waals surface area contributed by atoms with Gasteiger partial charge in [0.15, 0.2) is 0 Å². The molecule has 108 valence electrons. The Morgan fingerprint density at radius 2 is 2.00 bits per heavy atom. The molecule has 0 bridgehead atoms. The maximum Gasteiger partial charge on any atom is 0.126 e. The molecule has 1 rings (SSSR count). The van der Waals surface area contributed by atoms with Crippen LogP contribution in [0, 0.1) is 17.2 Å². The van der Waals surface area contributed by atoms with Crippen LogP contribution in [0.5, 0.6) is 0 Å². The Bertz CT molecular complexity index is 415. The van der Waals surface area contributed by atoms with Crippen LogP contribution in [-0.2, 0) is 6.42 Å². The second kappa shape index (κ2) is 6.82. The highest BCUT2D eigenvalue weighted by molar-refractivity contribution is 9.10. The van der Waals surface area contributed by atoms with E-state index < -0.39 is 0 Å². The fourth-order valence-electron chi connectivity index (χ4n) is 1.96. The summed E-state index contributed by atoms with van der Waals surface area (Å²) >= 11 is 3.37. The fourth-order valence-corrected chi connectivity index (χ4v) is 2.36. The lowest BCUT2D eigenvalue weighted by Gasteiger charge is -2.30. The summed E-state index contributed by atoms with van der Waals surface area (Å²) in [5, 5.41) is 0. The summed E-state index contributed by atoms with van der Waals surface area (Å²) in [7, 11) is 0. The van der Waals surface area contributed by atoms with Gasteiger partial charge in [-0.25, -0.2) is 4.39 Å². The van der Waals surface area contributed by atoms with Gasteiger partial charge >= 0.3 is 0 Å². The van der Waals surface area contributed by atoms with Gasteiger partial charge in [-0.05, 0) is 47.9 Å². The van der Waals surface area contributed by atoms with Crippen molar-refractivity contribution in [2.45, 2.75) is 46.6 Å². The van der Waals surface area contributed by atoms with E-state index in [1.165, 1.54) is 6.07 Å².